The highest BCUT2D eigenvalue weighted by molar-refractivity contribution is 7.99. The standard InChI is InChI=1S/C25H17ClN6O2S/c1-34-21-10-20-16(9-18(21)28)23(13(11-27)12-29-20)30-14-6-7-22(17(26)8-14)35-25-31-19-5-3-2-4-15(19)24(33)32-25/h2-10,12H,28H2,1H3,(H,29,30)(H,31,32,33). The Labute approximate surface area is 208 Å². The van der Waals surface area contributed by atoms with Gasteiger partial charge in [0.2, 0.25) is 0 Å². The van der Waals surface area contributed by atoms with E-state index in [1.54, 1.807) is 36.4 Å². The number of methoxy groups -OCH3 is 1. The molecule has 0 fully saturated rings. The summed E-state index contributed by atoms with van der Waals surface area (Å²) in [4.78, 5) is 24.7. The highest BCUT2D eigenvalue weighted by atomic mass is 35.5. The predicted molar refractivity (Wildman–Crippen MR) is 139 cm³/mol. The van der Waals surface area contributed by atoms with Gasteiger partial charge in [-0.25, -0.2) is 4.98 Å². The third-order valence-electron chi connectivity index (χ3n) is 5.34. The summed E-state index contributed by atoms with van der Waals surface area (Å²) in [5, 5.41) is 15.0. The average Bonchev–Trinajstić information content (AvgIpc) is 2.86. The van der Waals surface area contributed by atoms with Gasteiger partial charge >= 0.3 is 0 Å². The molecular formula is C25H17ClN6O2S. The first-order valence-electron chi connectivity index (χ1n) is 10.4. The lowest BCUT2D eigenvalue weighted by Crippen LogP contribution is -2.08. The molecule has 0 saturated carbocycles. The Morgan fingerprint density at radius 2 is 1.97 bits per heavy atom. The van der Waals surface area contributed by atoms with Crippen molar-refractivity contribution in [1.29, 1.82) is 5.26 Å². The van der Waals surface area contributed by atoms with Gasteiger partial charge in [0.25, 0.3) is 5.56 Å². The molecule has 0 aliphatic heterocycles. The van der Waals surface area contributed by atoms with Gasteiger partial charge in [0.05, 0.1) is 45.5 Å². The van der Waals surface area contributed by atoms with Crippen molar-refractivity contribution in [2.45, 2.75) is 10.1 Å². The maximum absolute atomic E-state index is 12.4. The zero-order valence-corrected chi connectivity index (χ0v) is 19.9. The van der Waals surface area contributed by atoms with E-state index < -0.39 is 0 Å². The molecule has 35 heavy (non-hydrogen) atoms. The summed E-state index contributed by atoms with van der Waals surface area (Å²) in [7, 11) is 1.53. The Bertz CT molecular complexity index is 1710. The van der Waals surface area contributed by atoms with Crippen LogP contribution in [0.5, 0.6) is 5.75 Å². The Balaban J connectivity index is 1.48. The van der Waals surface area contributed by atoms with Gasteiger partial charge in [-0.2, -0.15) is 5.26 Å². The summed E-state index contributed by atoms with van der Waals surface area (Å²) < 4.78 is 5.28. The van der Waals surface area contributed by atoms with Crippen molar-refractivity contribution >= 4 is 62.2 Å². The number of pyridine rings is 1. The largest absolute Gasteiger partial charge is 0.495 e. The first-order valence-corrected chi connectivity index (χ1v) is 11.6. The molecule has 5 rings (SSSR count). The van der Waals surface area contributed by atoms with Crippen molar-refractivity contribution < 1.29 is 4.74 Å². The Hall–Kier alpha value is -4.26. The number of anilines is 3. The molecule has 2 heterocycles. The lowest BCUT2D eigenvalue weighted by atomic mass is 10.1. The zero-order chi connectivity index (χ0) is 24.5. The van der Waals surface area contributed by atoms with Gasteiger partial charge in [-0.3, -0.25) is 9.78 Å². The number of aromatic amines is 1. The molecular weight excluding hydrogens is 484 g/mol. The van der Waals surface area contributed by atoms with Crippen molar-refractivity contribution in [3.63, 3.8) is 0 Å². The van der Waals surface area contributed by atoms with Gasteiger partial charge in [0.15, 0.2) is 5.16 Å². The number of aromatic nitrogens is 3. The van der Waals surface area contributed by atoms with Crippen LogP contribution in [-0.2, 0) is 0 Å². The van der Waals surface area contributed by atoms with Crippen LogP contribution in [0.3, 0.4) is 0 Å². The summed E-state index contributed by atoms with van der Waals surface area (Å²) in [6.07, 6.45) is 1.49. The van der Waals surface area contributed by atoms with Crippen molar-refractivity contribution in [1.82, 2.24) is 15.0 Å². The quantitative estimate of drug-likeness (QED) is 0.213. The number of nitrogens with two attached hydrogens (primary N) is 1. The molecule has 0 amide bonds. The third-order valence-corrected chi connectivity index (χ3v) is 6.73. The molecule has 4 N–H and O–H groups in total. The number of hydrogen-bond donors (Lipinski definition) is 3. The van der Waals surface area contributed by atoms with Crippen LogP contribution in [0.15, 0.2) is 75.6 Å². The fourth-order valence-electron chi connectivity index (χ4n) is 3.66. The summed E-state index contributed by atoms with van der Waals surface area (Å²) in [5.74, 6) is 0.505. The van der Waals surface area contributed by atoms with Crippen LogP contribution in [-0.4, -0.2) is 22.1 Å². The van der Waals surface area contributed by atoms with E-state index in [0.717, 1.165) is 0 Å². The van der Waals surface area contributed by atoms with E-state index >= 15 is 0 Å². The first-order chi connectivity index (χ1) is 17.0. The van der Waals surface area contributed by atoms with E-state index in [9.17, 15) is 10.1 Å². The molecule has 0 atom stereocenters. The molecule has 5 aromatic rings. The summed E-state index contributed by atoms with van der Waals surface area (Å²) >= 11 is 7.82. The van der Waals surface area contributed by atoms with Crippen LogP contribution in [0.4, 0.5) is 17.1 Å². The number of ether oxygens (including phenoxy) is 1. The van der Waals surface area contributed by atoms with Gasteiger partial charge in [-0.05, 0) is 36.4 Å². The molecule has 10 heteroatoms. The monoisotopic (exact) mass is 500 g/mol. The molecule has 0 saturated heterocycles. The van der Waals surface area contributed by atoms with Crippen LogP contribution in [0.25, 0.3) is 21.8 Å². The van der Waals surface area contributed by atoms with E-state index in [0.29, 0.717) is 65.3 Å². The minimum atomic E-state index is -0.211. The van der Waals surface area contributed by atoms with Crippen LogP contribution in [0, 0.1) is 11.3 Å². The van der Waals surface area contributed by atoms with E-state index in [1.807, 2.05) is 18.2 Å². The second-order valence-electron chi connectivity index (χ2n) is 7.53. The number of H-pyrrole nitrogens is 1. The second kappa shape index (κ2) is 9.18. The van der Waals surface area contributed by atoms with Gasteiger partial charge < -0.3 is 20.8 Å². The van der Waals surface area contributed by atoms with Gasteiger partial charge in [0.1, 0.15) is 11.8 Å². The number of benzene rings is 3. The van der Waals surface area contributed by atoms with Crippen LogP contribution in [0.2, 0.25) is 5.02 Å². The van der Waals surface area contributed by atoms with Gasteiger partial charge in [-0.15, -0.1) is 0 Å². The maximum Gasteiger partial charge on any atom is 0.259 e. The highest BCUT2D eigenvalue weighted by Crippen LogP contribution is 2.37. The van der Waals surface area contributed by atoms with Crippen molar-refractivity contribution in [2.75, 3.05) is 18.2 Å². The van der Waals surface area contributed by atoms with E-state index in [4.69, 9.17) is 22.1 Å². The molecule has 2 aromatic heterocycles. The number of fused-ring (bicyclic) bond motifs is 2. The Morgan fingerprint density at radius 3 is 2.74 bits per heavy atom. The number of hydrogen-bond acceptors (Lipinski definition) is 8. The molecule has 0 unspecified atom stereocenters. The zero-order valence-electron chi connectivity index (χ0n) is 18.3. The highest BCUT2D eigenvalue weighted by Gasteiger charge is 2.14. The molecule has 0 aliphatic carbocycles. The van der Waals surface area contributed by atoms with Crippen LogP contribution >= 0.6 is 23.4 Å². The molecule has 0 radical (unpaired) electrons. The van der Waals surface area contributed by atoms with Crippen molar-refractivity contribution in [3.8, 4) is 11.8 Å². The fourth-order valence-corrected chi connectivity index (χ4v) is 4.74. The third kappa shape index (κ3) is 4.33. The van der Waals surface area contributed by atoms with E-state index in [-0.39, 0.29) is 5.56 Å². The minimum absolute atomic E-state index is 0.211. The summed E-state index contributed by atoms with van der Waals surface area (Å²) in [5.41, 5.74) is 9.13. The Kier molecular flexibility index (Phi) is 5.91. The van der Waals surface area contributed by atoms with Crippen molar-refractivity contribution in [3.05, 3.63) is 81.7 Å². The first kappa shape index (κ1) is 22.5. The van der Waals surface area contributed by atoms with Crippen LogP contribution in [0.1, 0.15) is 5.56 Å². The molecule has 3 aromatic carbocycles. The molecule has 172 valence electrons. The van der Waals surface area contributed by atoms with E-state index in [2.05, 4.69) is 26.3 Å². The average molecular weight is 501 g/mol. The van der Waals surface area contributed by atoms with Crippen LogP contribution < -0.4 is 21.3 Å². The van der Waals surface area contributed by atoms with Gasteiger partial charge in [0, 0.05) is 28.2 Å². The lowest BCUT2D eigenvalue weighted by Gasteiger charge is -2.14. The second-order valence-corrected chi connectivity index (χ2v) is 8.97. The maximum atomic E-state index is 12.4. The summed E-state index contributed by atoms with van der Waals surface area (Å²) in [6, 6.07) is 18.1. The number of nitrogen functional groups attached to an aromatic ring is 1. The number of nitrogens with zero attached hydrogens (tertiary/aromatic N) is 3. The van der Waals surface area contributed by atoms with E-state index in [1.165, 1.54) is 25.1 Å². The predicted octanol–water partition coefficient (Wildman–Crippen LogP) is 5.48. The number of halogens is 1. The summed E-state index contributed by atoms with van der Waals surface area (Å²) in [6.45, 7) is 0. The minimum Gasteiger partial charge on any atom is -0.495 e. The molecule has 0 aliphatic rings. The smallest absolute Gasteiger partial charge is 0.259 e. The van der Waals surface area contributed by atoms with Gasteiger partial charge in [-0.1, -0.05) is 35.5 Å². The molecule has 8 nitrogen and oxygen atoms in total. The SMILES string of the molecule is COc1cc2ncc(C#N)c(Nc3ccc(Sc4nc5ccccc5c(=O)[nH]4)c(Cl)c3)c2cc1N. The van der Waals surface area contributed by atoms with Crippen molar-refractivity contribution in [2.24, 2.45) is 0 Å². The number of para-hydroxylation sites is 1. The molecule has 0 spiro atoms. The number of nitriles is 1. The fraction of sp³-hybridized carbons (Fsp3) is 0.0400. The topological polar surface area (TPSA) is 130 Å². The number of nitrogens with one attached hydrogen (secondary N) is 2. The lowest BCUT2D eigenvalue weighted by molar-refractivity contribution is 0.417. The Morgan fingerprint density at radius 1 is 1.14 bits per heavy atom. The normalized spacial score (nSPS) is 10.9. The molecule has 0 bridgehead atoms. The number of rotatable bonds is 5.